The first kappa shape index (κ1) is 36.7. The Morgan fingerprint density at radius 2 is 1.09 bits per heavy atom. The second-order valence-electron chi connectivity index (χ2n) is 16.5. The van der Waals surface area contributed by atoms with Crippen molar-refractivity contribution in [1.82, 2.24) is 30.0 Å². The third-order valence-electron chi connectivity index (χ3n) is 13.7. The molecule has 6 saturated heterocycles. The quantitative estimate of drug-likeness (QED) is 0.112. The van der Waals surface area contributed by atoms with Gasteiger partial charge < -0.3 is 18.9 Å². The molecule has 9 heterocycles. The number of piperidine rings is 6. The van der Waals surface area contributed by atoms with Gasteiger partial charge in [0, 0.05) is 47.4 Å². The number of hydrogen-bond donors (Lipinski definition) is 0. The van der Waals surface area contributed by atoms with E-state index >= 15 is 0 Å². The summed E-state index contributed by atoms with van der Waals surface area (Å²) < 4.78 is 25.9. The van der Waals surface area contributed by atoms with Crippen molar-refractivity contribution < 1.29 is 18.9 Å². The van der Waals surface area contributed by atoms with E-state index in [1.165, 1.54) is 0 Å². The zero-order chi connectivity index (χ0) is 39.3. The molecule has 10 atom stereocenters. The fourth-order valence-electron chi connectivity index (χ4n) is 10.6. The first-order valence-corrected chi connectivity index (χ1v) is 20.7. The molecule has 6 fully saturated rings. The summed E-state index contributed by atoms with van der Waals surface area (Å²) in [7, 11) is 3.40. The summed E-state index contributed by atoms with van der Waals surface area (Å²) >= 11 is 0. The average molecular weight is 775 g/mol. The van der Waals surface area contributed by atoms with Crippen molar-refractivity contribution >= 4 is 32.6 Å². The molecular weight excluding hydrogens is 725 g/mol. The Bertz CT molecular complexity index is 2340. The molecule has 0 spiro atoms. The highest BCUT2D eigenvalue weighted by molar-refractivity contribution is 5.91. The molecule has 3 aromatic carbocycles. The van der Waals surface area contributed by atoms with Gasteiger partial charge in [-0.05, 0) is 123 Å². The van der Waals surface area contributed by atoms with Gasteiger partial charge in [0.1, 0.15) is 23.7 Å². The normalized spacial score (nSPS) is 27.3. The molecule has 6 aliphatic heterocycles. The summed E-state index contributed by atoms with van der Waals surface area (Å²) in [6, 6.07) is 24.7. The van der Waals surface area contributed by atoms with Crippen LogP contribution in [0.3, 0.4) is 0 Å². The van der Waals surface area contributed by atoms with Gasteiger partial charge in [0.05, 0.1) is 48.1 Å². The molecule has 296 valence electrons. The zero-order valence-electron chi connectivity index (χ0n) is 33.2. The van der Waals surface area contributed by atoms with Gasteiger partial charge in [-0.15, -0.1) is 23.4 Å². The molecule has 3 aromatic heterocycles. The van der Waals surface area contributed by atoms with Gasteiger partial charge >= 0.3 is 0 Å². The number of rotatable bonds is 12. The maximum Gasteiger partial charge on any atom is 0.242 e. The number of aromatic nitrogens is 4. The highest BCUT2D eigenvalue weighted by Gasteiger charge is 2.46. The zero-order valence-corrected chi connectivity index (χ0v) is 33.2. The van der Waals surface area contributed by atoms with Crippen LogP contribution < -0.4 is 18.9 Å². The Hall–Kier alpha value is -5.58. The standard InChI is InChI=1S/C48H50N6O4/c1-5-29-27-53-21-17-31(29)23-43(53)45(35-15-19-49-41-13-11-33(55-3)25-39(35)41)57-47-37-9-7-8-10-38(37)48(52-51-47)58-46(44-24-32-18-22-54(44)28-30(32)6-2)36-16-20-50-42-14-12-34(56-4)26-40(36)42/h5-16,19-20,25-26,29-32,43-46H,1-2,17-18,21-24,27-28H2,3-4H3/t29-,30?,31+,32?,43?,44?,45-,46-/m0/s1. The van der Waals surface area contributed by atoms with Crippen LogP contribution >= 0.6 is 0 Å². The molecule has 0 N–H and O–H groups in total. The van der Waals surface area contributed by atoms with Gasteiger partial charge in [0.15, 0.2) is 0 Å². The average Bonchev–Trinajstić information content (AvgIpc) is 3.29. The van der Waals surface area contributed by atoms with Crippen molar-refractivity contribution in [3.63, 3.8) is 0 Å². The van der Waals surface area contributed by atoms with Crippen LogP contribution in [-0.4, -0.2) is 82.4 Å². The summed E-state index contributed by atoms with van der Waals surface area (Å²) in [6.45, 7) is 12.3. The molecule has 0 radical (unpaired) electrons. The van der Waals surface area contributed by atoms with Crippen molar-refractivity contribution in [3.05, 3.63) is 122 Å². The molecule has 4 bridgehead atoms. The Balaban J connectivity index is 1.07. The van der Waals surface area contributed by atoms with E-state index in [1.807, 2.05) is 48.8 Å². The van der Waals surface area contributed by atoms with Crippen molar-refractivity contribution in [1.29, 1.82) is 0 Å². The monoisotopic (exact) mass is 774 g/mol. The lowest BCUT2D eigenvalue weighted by Crippen LogP contribution is -2.55. The molecule has 6 unspecified atom stereocenters. The Morgan fingerprint density at radius 1 is 0.621 bits per heavy atom. The van der Waals surface area contributed by atoms with Crippen LogP contribution in [-0.2, 0) is 0 Å². The smallest absolute Gasteiger partial charge is 0.242 e. The molecule has 10 nitrogen and oxygen atoms in total. The van der Waals surface area contributed by atoms with Crippen LogP contribution in [0.25, 0.3) is 32.6 Å². The van der Waals surface area contributed by atoms with Crippen molar-refractivity contribution in [2.45, 2.75) is 50.0 Å². The second kappa shape index (κ2) is 15.3. The molecule has 0 saturated carbocycles. The van der Waals surface area contributed by atoms with E-state index in [1.54, 1.807) is 14.2 Å². The first-order chi connectivity index (χ1) is 28.5. The van der Waals surface area contributed by atoms with E-state index in [2.05, 4.69) is 71.5 Å². The number of methoxy groups -OCH3 is 2. The SMILES string of the molecule is C=CC1CN2CCC1CC2[C@@H](Oc1nnc(O[C@@H](c2ccnc3ccc(OC)cc23)C2C[C@H]3CCN2C[C@@H]3C=C)c2ccccc12)c1ccnc2ccc(OC)cc12. The Morgan fingerprint density at radius 3 is 1.48 bits per heavy atom. The molecular formula is C48H50N6O4. The molecule has 12 rings (SSSR count). The number of benzene rings is 3. The highest BCUT2D eigenvalue weighted by Crippen LogP contribution is 2.47. The van der Waals surface area contributed by atoms with Crippen molar-refractivity contribution in [2.75, 3.05) is 40.4 Å². The van der Waals surface area contributed by atoms with Crippen LogP contribution in [0, 0.1) is 23.7 Å². The maximum atomic E-state index is 7.26. The number of nitrogens with zero attached hydrogens (tertiary/aromatic N) is 6. The molecule has 58 heavy (non-hydrogen) atoms. The van der Waals surface area contributed by atoms with E-state index < -0.39 is 0 Å². The molecule has 0 aliphatic carbocycles. The third kappa shape index (κ3) is 6.43. The second-order valence-corrected chi connectivity index (χ2v) is 16.5. The number of pyridine rings is 2. The van der Waals surface area contributed by atoms with Crippen molar-refractivity contribution in [2.24, 2.45) is 23.7 Å². The summed E-state index contributed by atoms with van der Waals surface area (Å²) in [5.41, 5.74) is 3.90. The predicted octanol–water partition coefficient (Wildman–Crippen LogP) is 8.78. The summed E-state index contributed by atoms with van der Waals surface area (Å²) in [5.74, 6) is 4.57. The minimum absolute atomic E-state index is 0.125. The van der Waals surface area contributed by atoms with Gasteiger partial charge in [-0.3, -0.25) is 19.8 Å². The lowest BCUT2D eigenvalue weighted by atomic mass is 9.73. The minimum atomic E-state index is -0.343. The largest absolute Gasteiger partial charge is 0.497 e. The topological polar surface area (TPSA) is 95.0 Å². The van der Waals surface area contributed by atoms with Crippen molar-refractivity contribution in [3.8, 4) is 23.3 Å². The molecule has 10 heteroatoms. The van der Waals surface area contributed by atoms with E-state index in [0.717, 1.165) is 107 Å². The van der Waals surface area contributed by atoms with Crippen LogP contribution in [0.15, 0.2) is 111 Å². The number of fused-ring (bicyclic) bond motifs is 9. The van der Waals surface area contributed by atoms with Crippen LogP contribution in [0.5, 0.6) is 23.3 Å². The highest BCUT2D eigenvalue weighted by atomic mass is 16.5. The van der Waals surface area contributed by atoms with Gasteiger partial charge in [-0.2, -0.15) is 0 Å². The molecule has 0 amide bonds. The molecule has 6 aromatic rings. The summed E-state index contributed by atoms with van der Waals surface area (Å²) in [5, 5.41) is 13.5. The lowest BCUT2D eigenvalue weighted by Gasteiger charge is -2.51. The first-order valence-electron chi connectivity index (χ1n) is 20.7. The Labute approximate surface area is 339 Å². The number of hydrogen-bond acceptors (Lipinski definition) is 10. The fraction of sp³-hybridized carbons (Fsp3) is 0.375. The number of ether oxygens (including phenoxy) is 4. The summed E-state index contributed by atoms with van der Waals surface area (Å²) in [4.78, 5) is 14.6. The fourth-order valence-corrected chi connectivity index (χ4v) is 10.6. The predicted molar refractivity (Wildman–Crippen MR) is 226 cm³/mol. The van der Waals surface area contributed by atoms with Crippen LogP contribution in [0.4, 0.5) is 0 Å². The van der Waals surface area contributed by atoms with E-state index in [0.29, 0.717) is 35.4 Å². The van der Waals surface area contributed by atoms with E-state index in [4.69, 9.17) is 39.1 Å². The van der Waals surface area contributed by atoms with Crippen LogP contribution in [0.1, 0.15) is 49.0 Å². The maximum absolute atomic E-state index is 7.26. The van der Waals surface area contributed by atoms with E-state index in [-0.39, 0.29) is 24.3 Å². The van der Waals surface area contributed by atoms with Gasteiger partial charge in [-0.25, -0.2) is 0 Å². The minimum Gasteiger partial charge on any atom is -0.497 e. The lowest BCUT2D eigenvalue weighted by molar-refractivity contribution is -0.0382. The Kier molecular flexibility index (Phi) is 9.69. The summed E-state index contributed by atoms with van der Waals surface area (Å²) in [6.07, 6.45) is 11.7. The molecule has 6 aliphatic rings. The van der Waals surface area contributed by atoms with E-state index in [9.17, 15) is 0 Å². The van der Waals surface area contributed by atoms with Gasteiger partial charge in [-0.1, -0.05) is 24.3 Å². The third-order valence-corrected chi connectivity index (χ3v) is 13.7. The van der Waals surface area contributed by atoms with Crippen LogP contribution in [0.2, 0.25) is 0 Å². The van der Waals surface area contributed by atoms with Gasteiger partial charge in [0.2, 0.25) is 11.8 Å². The van der Waals surface area contributed by atoms with Gasteiger partial charge in [0.25, 0.3) is 0 Å².